The Morgan fingerprint density at radius 1 is 1.14 bits per heavy atom. The monoisotopic (exact) mass is 288 g/mol. The number of anilines is 1. The highest BCUT2D eigenvalue weighted by Gasteiger charge is 2.31. The molecule has 1 aliphatic heterocycles. The highest BCUT2D eigenvalue weighted by atomic mass is 16.2. The van der Waals surface area contributed by atoms with Gasteiger partial charge in [0.1, 0.15) is 0 Å². The lowest BCUT2D eigenvalue weighted by Crippen LogP contribution is -2.35. The first-order chi connectivity index (χ1) is 10.8. The number of amides is 1. The van der Waals surface area contributed by atoms with Crippen LogP contribution in [0.3, 0.4) is 0 Å². The van der Waals surface area contributed by atoms with Crippen molar-refractivity contribution in [1.82, 2.24) is 4.98 Å². The number of carbonyl (C=O) groups excluding carboxylic acids is 1. The zero-order valence-corrected chi connectivity index (χ0v) is 12.4. The number of pyridine rings is 1. The molecule has 1 atom stereocenters. The third kappa shape index (κ3) is 1.90. The van der Waals surface area contributed by atoms with Crippen LogP contribution < -0.4 is 4.90 Å². The van der Waals surface area contributed by atoms with Crippen LogP contribution in [-0.2, 0) is 6.42 Å². The Morgan fingerprint density at radius 2 is 2.00 bits per heavy atom. The summed E-state index contributed by atoms with van der Waals surface area (Å²) in [5.41, 5.74) is 2.98. The van der Waals surface area contributed by atoms with Gasteiger partial charge < -0.3 is 4.90 Å². The average Bonchev–Trinajstić information content (AvgIpc) is 2.89. The lowest BCUT2D eigenvalue weighted by molar-refractivity contribution is 0.0983. The molecule has 108 valence electrons. The van der Waals surface area contributed by atoms with E-state index in [1.165, 1.54) is 5.56 Å². The molecule has 3 aromatic rings. The maximum Gasteiger partial charge on any atom is 0.259 e. The first-order valence-electron chi connectivity index (χ1n) is 7.50. The van der Waals surface area contributed by atoms with Crippen LogP contribution >= 0.6 is 0 Å². The number of nitrogens with zero attached hydrogens (tertiary/aromatic N) is 2. The van der Waals surface area contributed by atoms with E-state index in [0.717, 1.165) is 22.9 Å². The van der Waals surface area contributed by atoms with Crippen LogP contribution in [0.25, 0.3) is 10.8 Å². The van der Waals surface area contributed by atoms with Crippen molar-refractivity contribution in [2.75, 3.05) is 4.90 Å². The van der Waals surface area contributed by atoms with Crippen molar-refractivity contribution in [2.24, 2.45) is 0 Å². The van der Waals surface area contributed by atoms with Crippen LogP contribution in [0, 0.1) is 0 Å². The first kappa shape index (κ1) is 13.0. The Bertz CT molecular complexity index is 867. The average molecular weight is 288 g/mol. The molecule has 1 aromatic heterocycles. The molecule has 0 aliphatic carbocycles. The van der Waals surface area contributed by atoms with Gasteiger partial charge in [-0.1, -0.05) is 30.3 Å². The van der Waals surface area contributed by atoms with Gasteiger partial charge in [-0.15, -0.1) is 0 Å². The Balaban J connectivity index is 1.85. The van der Waals surface area contributed by atoms with Crippen molar-refractivity contribution < 1.29 is 4.79 Å². The van der Waals surface area contributed by atoms with Crippen molar-refractivity contribution in [3.63, 3.8) is 0 Å². The molecular formula is C19H16N2O. The van der Waals surface area contributed by atoms with Gasteiger partial charge in [-0.05, 0) is 42.5 Å². The maximum absolute atomic E-state index is 13.1. The smallest absolute Gasteiger partial charge is 0.259 e. The molecular weight excluding hydrogens is 272 g/mol. The molecule has 3 nitrogen and oxygen atoms in total. The van der Waals surface area contributed by atoms with Gasteiger partial charge in [-0.25, -0.2) is 0 Å². The van der Waals surface area contributed by atoms with Crippen molar-refractivity contribution in [1.29, 1.82) is 0 Å². The highest BCUT2D eigenvalue weighted by Crippen LogP contribution is 2.34. The molecule has 1 aliphatic rings. The lowest BCUT2D eigenvalue weighted by Gasteiger charge is -2.23. The van der Waals surface area contributed by atoms with Gasteiger partial charge in [-0.2, -0.15) is 0 Å². The fourth-order valence-corrected chi connectivity index (χ4v) is 3.30. The molecule has 0 saturated heterocycles. The van der Waals surface area contributed by atoms with Gasteiger partial charge in [0, 0.05) is 35.1 Å². The minimum atomic E-state index is 0.0519. The summed E-state index contributed by atoms with van der Waals surface area (Å²) in [6.45, 7) is 2.10. The Morgan fingerprint density at radius 3 is 2.91 bits per heavy atom. The van der Waals surface area contributed by atoms with E-state index >= 15 is 0 Å². The molecule has 1 unspecified atom stereocenters. The Kier molecular flexibility index (Phi) is 2.93. The second kappa shape index (κ2) is 4.95. The predicted octanol–water partition coefficient (Wildman–Crippen LogP) is 3.83. The second-order valence-electron chi connectivity index (χ2n) is 5.76. The normalized spacial score (nSPS) is 16.8. The largest absolute Gasteiger partial charge is 0.305 e. The van der Waals surface area contributed by atoms with Crippen LogP contribution in [0.2, 0.25) is 0 Å². The van der Waals surface area contributed by atoms with Crippen LogP contribution in [0.4, 0.5) is 5.69 Å². The van der Waals surface area contributed by atoms with E-state index in [9.17, 15) is 4.79 Å². The molecule has 2 aromatic carbocycles. The molecule has 22 heavy (non-hydrogen) atoms. The minimum absolute atomic E-state index is 0.0519. The van der Waals surface area contributed by atoms with Gasteiger partial charge in [0.05, 0.1) is 0 Å². The predicted molar refractivity (Wildman–Crippen MR) is 88.2 cm³/mol. The topological polar surface area (TPSA) is 33.2 Å². The first-order valence-corrected chi connectivity index (χ1v) is 7.50. The van der Waals surface area contributed by atoms with Gasteiger partial charge in [-0.3, -0.25) is 9.78 Å². The summed E-state index contributed by atoms with van der Waals surface area (Å²) in [5.74, 6) is 0.0519. The van der Waals surface area contributed by atoms with Crippen molar-refractivity contribution >= 4 is 22.4 Å². The molecule has 3 heteroatoms. The summed E-state index contributed by atoms with van der Waals surface area (Å²) in [5, 5.41) is 1.95. The number of aromatic nitrogens is 1. The number of fused-ring (bicyclic) bond motifs is 2. The number of hydrogen-bond acceptors (Lipinski definition) is 2. The van der Waals surface area contributed by atoms with Crippen molar-refractivity contribution in [3.8, 4) is 0 Å². The Labute approximate surface area is 129 Å². The number of hydrogen-bond donors (Lipinski definition) is 0. The molecule has 0 spiro atoms. The van der Waals surface area contributed by atoms with Crippen LogP contribution in [0.5, 0.6) is 0 Å². The maximum atomic E-state index is 13.1. The fraction of sp³-hybridized carbons (Fsp3) is 0.158. The van der Waals surface area contributed by atoms with Crippen molar-refractivity contribution in [3.05, 3.63) is 72.1 Å². The molecule has 0 saturated carbocycles. The van der Waals surface area contributed by atoms with Gasteiger partial charge in [0.25, 0.3) is 5.91 Å². The van der Waals surface area contributed by atoms with E-state index in [1.54, 1.807) is 12.4 Å². The molecule has 0 fully saturated rings. The number of carbonyl (C=O) groups is 1. The quantitative estimate of drug-likeness (QED) is 0.682. The molecule has 2 heterocycles. The van der Waals surface area contributed by atoms with E-state index in [0.29, 0.717) is 5.56 Å². The van der Waals surface area contributed by atoms with E-state index in [4.69, 9.17) is 0 Å². The number of benzene rings is 2. The van der Waals surface area contributed by atoms with Crippen LogP contribution in [0.15, 0.2) is 60.9 Å². The molecule has 1 amide bonds. The molecule has 0 radical (unpaired) electrons. The van der Waals surface area contributed by atoms with E-state index < -0.39 is 0 Å². The summed E-state index contributed by atoms with van der Waals surface area (Å²) >= 11 is 0. The van der Waals surface area contributed by atoms with Crippen LogP contribution in [0.1, 0.15) is 22.8 Å². The summed E-state index contributed by atoms with van der Waals surface area (Å²) in [7, 11) is 0. The van der Waals surface area contributed by atoms with E-state index in [1.807, 2.05) is 47.4 Å². The van der Waals surface area contributed by atoms with Gasteiger partial charge in [0.2, 0.25) is 0 Å². The standard InChI is InChI=1S/C19H16N2O/c1-13-11-15-5-2-3-8-18(15)21(13)19(22)16-7-4-6-14-9-10-20-12-17(14)16/h2-10,12-13H,11H2,1H3. The van der Waals surface area contributed by atoms with Crippen molar-refractivity contribution in [2.45, 2.75) is 19.4 Å². The summed E-state index contributed by atoms with van der Waals surface area (Å²) < 4.78 is 0. The fourth-order valence-electron chi connectivity index (χ4n) is 3.30. The third-order valence-electron chi connectivity index (χ3n) is 4.34. The van der Waals surface area contributed by atoms with Crippen LogP contribution in [-0.4, -0.2) is 16.9 Å². The summed E-state index contributed by atoms with van der Waals surface area (Å²) in [6.07, 6.45) is 4.44. The van der Waals surface area contributed by atoms with Gasteiger partial charge in [0.15, 0.2) is 0 Å². The highest BCUT2D eigenvalue weighted by molar-refractivity contribution is 6.14. The Hall–Kier alpha value is -2.68. The number of para-hydroxylation sites is 1. The minimum Gasteiger partial charge on any atom is -0.305 e. The zero-order valence-electron chi connectivity index (χ0n) is 12.4. The van der Waals surface area contributed by atoms with E-state index in [2.05, 4.69) is 18.0 Å². The zero-order chi connectivity index (χ0) is 15.1. The SMILES string of the molecule is CC1Cc2ccccc2N1C(=O)c1cccc2ccncc12. The number of rotatable bonds is 1. The molecule has 0 bridgehead atoms. The van der Waals surface area contributed by atoms with Gasteiger partial charge >= 0.3 is 0 Å². The summed E-state index contributed by atoms with van der Waals surface area (Å²) in [4.78, 5) is 19.2. The van der Waals surface area contributed by atoms with E-state index in [-0.39, 0.29) is 11.9 Å². The summed E-state index contributed by atoms with van der Waals surface area (Å²) in [6, 6.07) is 16.1. The lowest BCUT2D eigenvalue weighted by atomic mass is 10.1. The molecule has 0 N–H and O–H groups in total. The second-order valence-corrected chi connectivity index (χ2v) is 5.76. The third-order valence-corrected chi connectivity index (χ3v) is 4.34. The molecule has 4 rings (SSSR count).